The fraction of sp³-hybridized carbons (Fsp3) is 0.625. The van der Waals surface area contributed by atoms with Gasteiger partial charge in [-0.3, -0.25) is 0 Å². The molecule has 0 bridgehead atoms. The van der Waals surface area contributed by atoms with E-state index in [9.17, 15) is 0 Å². The van der Waals surface area contributed by atoms with E-state index in [-0.39, 0.29) is 0 Å². The first kappa shape index (κ1) is 12.6. The summed E-state index contributed by atoms with van der Waals surface area (Å²) >= 11 is 0. The molecule has 0 radical (unpaired) electrons. The monoisotopic (exact) mass is 231 g/mol. The van der Waals surface area contributed by atoms with Gasteiger partial charge in [0, 0.05) is 6.04 Å². The fourth-order valence-corrected chi connectivity index (χ4v) is 2.79. The Morgan fingerprint density at radius 2 is 2.06 bits per heavy atom. The second kappa shape index (κ2) is 5.68. The van der Waals surface area contributed by atoms with Crippen molar-refractivity contribution >= 4 is 0 Å². The van der Waals surface area contributed by atoms with Gasteiger partial charge >= 0.3 is 0 Å². The Morgan fingerprint density at radius 1 is 1.24 bits per heavy atom. The quantitative estimate of drug-likeness (QED) is 0.839. The lowest BCUT2D eigenvalue weighted by Gasteiger charge is -2.24. The van der Waals surface area contributed by atoms with E-state index in [0.717, 1.165) is 6.42 Å². The van der Waals surface area contributed by atoms with Crippen molar-refractivity contribution in [2.75, 3.05) is 6.54 Å². The summed E-state index contributed by atoms with van der Waals surface area (Å²) in [4.78, 5) is 0. The lowest BCUT2D eigenvalue weighted by Crippen LogP contribution is -2.35. The topological polar surface area (TPSA) is 12.0 Å². The van der Waals surface area contributed by atoms with Crippen molar-refractivity contribution in [1.29, 1.82) is 0 Å². The smallest absolute Gasteiger partial charge is 0.0108 e. The Labute approximate surface area is 106 Å². The maximum atomic E-state index is 3.65. The van der Waals surface area contributed by atoms with Gasteiger partial charge in [0.25, 0.3) is 0 Å². The molecule has 0 aliphatic carbocycles. The Balaban J connectivity index is 2.15. The van der Waals surface area contributed by atoms with Crippen LogP contribution in [0.4, 0.5) is 0 Å². The highest BCUT2D eigenvalue weighted by molar-refractivity contribution is 5.38. The Morgan fingerprint density at radius 3 is 2.71 bits per heavy atom. The van der Waals surface area contributed by atoms with Gasteiger partial charge in [0.05, 0.1) is 0 Å². The third-order valence-electron chi connectivity index (χ3n) is 4.12. The molecule has 1 atom stereocenters. The second-order valence-corrected chi connectivity index (χ2v) is 5.40. The van der Waals surface area contributed by atoms with Crippen LogP contribution in [0, 0.1) is 13.8 Å². The van der Waals surface area contributed by atoms with Crippen LogP contribution in [0.1, 0.15) is 48.4 Å². The standard InChI is InChI=1S/C16H25N/c1-4-14-9-12(2)13(3)15(10-14)11-16-7-5-6-8-17-16/h9-10,16-17H,4-8,11H2,1-3H3. The fourth-order valence-electron chi connectivity index (χ4n) is 2.79. The van der Waals surface area contributed by atoms with Crippen LogP contribution in [0.25, 0.3) is 0 Å². The molecule has 17 heavy (non-hydrogen) atoms. The van der Waals surface area contributed by atoms with Crippen LogP contribution < -0.4 is 5.32 Å². The molecule has 1 saturated heterocycles. The zero-order chi connectivity index (χ0) is 12.3. The third kappa shape index (κ3) is 3.10. The summed E-state index contributed by atoms with van der Waals surface area (Å²) in [6.45, 7) is 7.96. The van der Waals surface area contributed by atoms with Crippen LogP contribution in [0.15, 0.2) is 12.1 Å². The van der Waals surface area contributed by atoms with Crippen LogP contribution in [0.5, 0.6) is 0 Å². The molecule has 1 aliphatic rings. The molecule has 94 valence electrons. The molecule has 1 aliphatic heterocycles. The summed E-state index contributed by atoms with van der Waals surface area (Å²) in [6, 6.07) is 5.46. The first-order valence-electron chi connectivity index (χ1n) is 7.03. The van der Waals surface area contributed by atoms with Crippen molar-refractivity contribution in [3.63, 3.8) is 0 Å². The van der Waals surface area contributed by atoms with E-state index < -0.39 is 0 Å². The van der Waals surface area contributed by atoms with Gasteiger partial charge in [-0.15, -0.1) is 0 Å². The zero-order valence-electron chi connectivity index (χ0n) is 11.5. The predicted octanol–water partition coefficient (Wildman–Crippen LogP) is 3.55. The highest BCUT2D eigenvalue weighted by atomic mass is 14.9. The lowest BCUT2D eigenvalue weighted by molar-refractivity contribution is 0.399. The molecule has 1 heterocycles. The average Bonchev–Trinajstić information content (AvgIpc) is 2.36. The van der Waals surface area contributed by atoms with Crippen molar-refractivity contribution in [1.82, 2.24) is 5.32 Å². The van der Waals surface area contributed by atoms with E-state index in [0.29, 0.717) is 6.04 Å². The van der Waals surface area contributed by atoms with E-state index in [1.165, 1.54) is 48.9 Å². The number of benzene rings is 1. The van der Waals surface area contributed by atoms with E-state index in [2.05, 4.69) is 38.2 Å². The molecule has 2 rings (SSSR count). The Kier molecular flexibility index (Phi) is 4.22. The van der Waals surface area contributed by atoms with Gasteiger partial charge in [-0.05, 0) is 68.3 Å². The summed E-state index contributed by atoms with van der Waals surface area (Å²) in [5, 5.41) is 3.65. The van der Waals surface area contributed by atoms with Gasteiger partial charge in [-0.25, -0.2) is 0 Å². The SMILES string of the molecule is CCc1cc(C)c(C)c(CC2CCCCN2)c1. The number of nitrogens with one attached hydrogen (secondary N) is 1. The molecule has 1 nitrogen and oxygen atoms in total. The number of piperidine rings is 1. The van der Waals surface area contributed by atoms with Crippen molar-refractivity contribution in [3.8, 4) is 0 Å². The van der Waals surface area contributed by atoms with Gasteiger partial charge in [-0.1, -0.05) is 25.5 Å². The molecule has 0 aromatic heterocycles. The second-order valence-electron chi connectivity index (χ2n) is 5.40. The number of rotatable bonds is 3. The summed E-state index contributed by atoms with van der Waals surface area (Å²) in [5.74, 6) is 0. The predicted molar refractivity (Wildman–Crippen MR) is 74.6 cm³/mol. The molecule has 0 saturated carbocycles. The first-order valence-corrected chi connectivity index (χ1v) is 7.03. The van der Waals surface area contributed by atoms with Gasteiger partial charge in [0.15, 0.2) is 0 Å². The van der Waals surface area contributed by atoms with Crippen molar-refractivity contribution in [2.45, 2.75) is 58.9 Å². The van der Waals surface area contributed by atoms with Crippen LogP contribution in [0.2, 0.25) is 0 Å². The van der Waals surface area contributed by atoms with Crippen molar-refractivity contribution < 1.29 is 0 Å². The molecule has 1 fully saturated rings. The Hall–Kier alpha value is -0.820. The highest BCUT2D eigenvalue weighted by Gasteiger charge is 2.14. The Bertz CT molecular complexity index is 375. The largest absolute Gasteiger partial charge is 0.314 e. The molecule has 1 heteroatoms. The average molecular weight is 231 g/mol. The minimum atomic E-state index is 0.703. The summed E-state index contributed by atoms with van der Waals surface area (Å²) in [6.07, 6.45) is 6.44. The van der Waals surface area contributed by atoms with Gasteiger partial charge < -0.3 is 5.32 Å². The van der Waals surface area contributed by atoms with Crippen LogP contribution in [0.3, 0.4) is 0 Å². The van der Waals surface area contributed by atoms with Gasteiger partial charge in [0.2, 0.25) is 0 Å². The van der Waals surface area contributed by atoms with E-state index >= 15 is 0 Å². The molecule has 1 N–H and O–H groups in total. The molecule has 1 aromatic carbocycles. The highest BCUT2D eigenvalue weighted by Crippen LogP contribution is 2.20. The molecule has 0 spiro atoms. The van der Waals surface area contributed by atoms with Crippen LogP contribution >= 0.6 is 0 Å². The van der Waals surface area contributed by atoms with E-state index in [1.807, 2.05) is 0 Å². The molecule has 0 amide bonds. The summed E-state index contributed by atoms with van der Waals surface area (Å²) < 4.78 is 0. The number of hydrogen-bond acceptors (Lipinski definition) is 1. The number of aryl methyl sites for hydroxylation is 2. The minimum Gasteiger partial charge on any atom is -0.314 e. The minimum absolute atomic E-state index is 0.703. The lowest BCUT2D eigenvalue weighted by atomic mass is 9.91. The van der Waals surface area contributed by atoms with Crippen LogP contribution in [-0.4, -0.2) is 12.6 Å². The van der Waals surface area contributed by atoms with E-state index in [4.69, 9.17) is 0 Å². The summed E-state index contributed by atoms with van der Waals surface area (Å²) in [7, 11) is 0. The zero-order valence-corrected chi connectivity index (χ0v) is 11.5. The maximum absolute atomic E-state index is 3.65. The molecule has 1 unspecified atom stereocenters. The van der Waals surface area contributed by atoms with Crippen LogP contribution in [-0.2, 0) is 12.8 Å². The summed E-state index contributed by atoms with van der Waals surface area (Å²) in [5.41, 5.74) is 5.99. The molecular formula is C16H25N. The molecular weight excluding hydrogens is 206 g/mol. The maximum Gasteiger partial charge on any atom is 0.0108 e. The van der Waals surface area contributed by atoms with Crippen molar-refractivity contribution in [2.24, 2.45) is 0 Å². The molecule has 1 aromatic rings. The third-order valence-corrected chi connectivity index (χ3v) is 4.12. The van der Waals surface area contributed by atoms with Crippen molar-refractivity contribution in [3.05, 3.63) is 34.4 Å². The van der Waals surface area contributed by atoms with Gasteiger partial charge in [0.1, 0.15) is 0 Å². The normalized spacial score (nSPS) is 20.5. The first-order chi connectivity index (χ1) is 8.20. The number of hydrogen-bond donors (Lipinski definition) is 1. The van der Waals surface area contributed by atoms with Gasteiger partial charge in [-0.2, -0.15) is 0 Å². The van der Waals surface area contributed by atoms with E-state index in [1.54, 1.807) is 5.56 Å².